The molecule has 7 nitrogen and oxygen atoms in total. The van der Waals surface area contributed by atoms with E-state index in [-0.39, 0.29) is 24.7 Å². The van der Waals surface area contributed by atoms with Gasteiger partial charge in [0, 0.05) is 32.2 Å². The van der Waals surface area contributed by atoms with Crippen LogP contribution in [0.15, 0.2) is 42.5 Å². The monoisotopic (exact) mass is 437 g/mol. The third-order valence-corrected chi connectivity index (χ3v) is 5.15. The summed E-state index contributed by atoms with van der Waals surface area (Å²) in [6.07, 6.45) is 0.508. The highest BCUT2D eigenvalue weighted by molar-refractivity contribution is 5.77. The van der Waals surface area contributed by atoms with Crippen LogP contribution in [0.3, 0.4) is 0 Å². The Balaban J connectivity index is 1.45. The second-order valence-corrected chi connectivity index (χ2v) is 8.04. The average Bonchev–Trinajstić information content (AvgIpc) is 2.77. The Morgan fingerprint density at radius 3 is 2.44 bits per heavy atom. The molecule has 1 aliphatic heterocycles. The fourth-order valence-electron chi connectivity index (χ4n) is 3.79. The molecule has 1 amide bonds. The third-order valence-electron chi connectivity index (χ3n) is 5.15. The van der Waals surface area contributed by atoms with Crippen molar-refractivity contribution in [3.05, 3.63) is 59.2 Å². The van der Waals surface area contributed by atoms with Crippen LogP contribution in [0.2, 0.25) is 0 Å². The second kappa shape index (κ2) is 11.5. The number of rotatable bonds is 9. The van der Waals surface area contributed by atoms with Gasteiger partial charge in [-0.1, -0.05) is 24.3 Å². The van der Waals surface area contributed by atoms with Crippen LogP contribution >= 0.6 is 0 Å². The van der Waals surface area contributed by atoms with Gasteiger partial charge in [0.25, 0.3) is 5.91 Å². The highest BCUT2D eigenvalue weighted by Crippen LogP contribution is 2.28. The van der Waals surface area contributed by atoms with Gasteiger partial charge >= 0.3 is 0 Å². The van der Waals surface area contributed by atoms with E-state index in [1.165, 1.54) is 5.56 Å². The van der Waals surface area contributed by atoms with Gasteiger partial charge in [0.05, 0.1) is 30.4 Å². The average molecular weight is 438 g/mol. The third kappa shape index (κ3) is 6.98. The summed E-state index contributed by atoms with van der Waals surface area (Å²) in [7, 11) is 0. The quantitative estimate of drug-likeness (QED) is 0.648. The van der Waals surface area contributed by atoms with E-state index < -0.39 is 0 Å². The topological polar surface area (TPSA) is 83.8 Å². The van der Waals surface area contributed by atoms with Crippen LogP contribution in [-0.4, -0.2) is 49.3 Å². The normalized spacial score (nSPS) is 18.6. The number of carbonyl (C=O) groups is 1. The van der Waals surface area contributed by atoms with Crippen LogP contribution in [-0.2, 0) is 22.6 Å². The summed E-state index contributed by atoms with van der Waals surface area (Å²) in [6.45, 7) is 9.58. The van der Waals surface area contributed by atoms with Gasteiger partial charge in [0.2, 0.25) is 0 Å². The van der Waals surface area contributed by atoms with Crippen molar-refractivity contribution in [1.82, 2.24) is 10.2 Å². The molecular formula is C25H31N3O4. The predicted molar refractivity (Wildman–Crippen MR) is 121 cm³/mol. The number of morpholine rings is 1. The van der Waals surface area contributed by atoms with Crippen molar-refractivity contribution >= 4 is 5.91 Å². The second-order valence-electron chi connectivity index (χ2n) is 8.04. The molecule has 32 heavy (non-hydrogen) atoms. The van der Waals surface area contributed by atoms with Crippen LogP contribution in [0.25, 0.3) is 0 Å². The summed E-state index contributed by atoms with van der Waals surface area (Å²) in [5.41, 5.74) is 2.75. The molecule has 1 N–H and O–H groups in total. The van der Waals surface area contributed by atoms with Crippen LogP contribution in [0.4, 0.5) is 0 Å². The molecule has 1 heterocycles. The van der Waals surface area contributed by atoms with E-state index >= 15 is 0 Å². The van der Waals surface area contributed by atoms with Gasteiger partial charge in [-0.25, -0.2) is 0 Å². The van der Waals surface area contributed by atoms with Gasteiger partial charge in [-0.2, -0.15) is 5.26 Å². The zero-order valence-corrected chi connectivity index (χ0v) is 19.0. The molecule has 0 bridgehead atoms. The lowest BCUT2D eigenvalue weighted by Gasteiger charge is -2.35. The number of nitrogens with one attached hydrogen (secondary N) is 1. The largest absolute Gasteiger partial charge is 0.490 e. The first-order valence-electron chi connectivity index (χ1n) is 11.0. The molecule has 1 fully saturated rings. The number of hydrogen-bond acceptors (Lipinski definition) is 6. The molecule has 3 rings (SSSR count). The minimum atomic E-state index is -0.225. The maximum atomic E-state index is 12.2. The molecule has 0 radical (unpaired) electrons. The molecule has 2 aromatic carbocycles. The van der Waals surface area contributed by atoms with E-state index in [1.807, 2.05) is 19.1 Å². The molecule has 170 valence electrons. The lowest BCUT2D eigenvalue weighted by molar-refractivity contribution is -0.123. The Morgan fingerprint density at radius 1 is 1.09 bits per heavy atom. The Bertz CT molecular complexity index is 929. The maximum Gasteiger partial charge on any atom is 0.258 e. The zero-order chi connectivity index (χ0) is 22.9. The molecule has 0 spiro atoms. The van der Waals surface area contributed by atoms with Crippen LogP contribution < -0.4 is 14.8 Å². The molecule has 1 saturated heterocycles. The summed E-state index contributed by atoms with van der Waals surface area (Å²) < 4.78 is 16.9. The molecular weight excluding hydrogens is 406 g/mol. The van der Waals surface area contributed by atoms with Gasteiger partial charge in [-0.15, -0.1) is 0 Å². The van der Waals surface area contributed by atoms with Gasteiger partial charge in [0.15, 0.2) is 18.1 Å². The SMILES string of the molecule is CCOc1cc(C#N)ccc1OCC(=O)NCc1ccc(CN2CC(C)OC(C)C2)cc1. The molecule has 2 unspecified atom stereocenters. The van der Waals surface area contributed by atoms with Crippen molar-refractivity contribution in [2.24, 2.45) is 0 Å². The summed E-state index contributed by atoms with van der Waals surface area (Å²) in [4.78, 5) is 14.6. The highest BCUT2D eigenvalue weighted by Gasteiger charge is 2.21. The standard InChI is InChI=1S/C25H31N3O4/c1-4-30-24-11-22(12-26)9-10-23(24)31-17-25(29)27-13-20-5-7-21(8-6-20)16-28-14-18(2)32-19(3)15-28/h5-11,18-19H,4,13-17H2,1-3H3,(H,27,29). The molecule has 0 aromatic heterocycles. The predicted octanol–water partition coefficient (Wildman–Crippen LogP) is 3.26. The van der Waals surface area contributed by atoms with Gasteiger partial charge < -0.3 is 19.5 Å². The maximum absolute atomic E-state index is 12.2. The number of hydrogen-bond donors (Lipinski definition) is 1. The molecule has 1 aliphatic rings. The molecule has 2 aromatic rings. The van der Waals surface area contributed by atoms with Gasteiger partial charge in [-0.3, -0.25) is 9.69 Å². The van der Waals surface area contributed by atoms with Crippen molar-refractivity contribution in [2.45, 2.75) is 46.1 Å². The Labute approximate surface area is 189 Å². The number of nitrogens with zero attached hydrogens (tertiary/aromatic N) is 2. The van der Waals surface area contributed by atoms with Gasteiger partial charge in [-0.05, 0) is 44.0 Å². The first-order valence-corrected chi connectivity index (χ1v) is 11.0. The summed E-state index contributed by atoms with van der Waals surface area (Å²) in [5, 5.41) is 11.9. The first-order chi connectivity index (χ1) is 15.5. The van der Waals surface area contributed by atoms with Crippen molar-refractivity contribution in [3.8, 4) is 17.6 Å². The van der Waals surface area contributed by atoms with E-state index in [4.69, 9.17) is 19.5 Å². The van der Waals surface area contributed by atoms with E-state index in [2.05, 4.69) is 42.3 Å². The van der Waals surface area contributed by atoms with Crippen molar-refractivity contribution in [1.29, 1.82) is 5.26 Å². The Hall–Kier alpha value is -3.08. The Kier molecular flexibility index (Phi) is 8.48. The lowest BCUT2D eigenvalue weighted by Crippen LogP contribution is -2.44. The summed E-state index contributed by atoms with van der Waals surface area (Å²) >= 11 is 0. The van der Waals surface area contributed by atoms with E-state index in [9.17, 15) is 4.79 Å². The summed E-state index contributed by atoms with van der Waals surface area (Å²) in [5.74, 6) is 0.674. The molecule has 0 aliphatic carbocycles. The fourth-order valence-corrected chi connectivity index (χ4v) is 3.79. The van der Waals surface area contributed by atoms with Crippen LogP contribution in [0.1, 0.15) is 37.5 Å². The van der Waals surface area contributed by atoms with Crippen LogP contribution in [0.5, 0.6) is 11.5 Å². The number of benzene rings is 2. The fraction of sp³-hybridized carbons (Fsp3) is 0.440. The van der Waals surface area contributed by atoms with E-state index in [1.54, 1.807) is 18.2 Å². The number of carbonyl (C=O) groups excluding carboxylic acids is 1. The highest BCUT2D eigenvalue weighted by atomic mass is 16.5. The van der Waals surface area contributed by atoms with E-state index in [0.29, 0.717) is 30.2 Å². The van der Waals surface area contributed by atoms with E-state index in [0.717, 1.165) is 25.2 Å². The minimum absolute atomic E-state index is 0.128. The zero-order valence-electron chi connectivity index (χ0n) is 19.0. The lowest BCUT2D eigenvalue weighted by atomic mass is 10.1. The number of ether oxygens (including phenoxy) is 3. The minimum Gasteiger partial charge on any atom is -0.490 e. The Morgan fingerprint density at radius 2 is 1.78 bits per heavy atom. The van der Waals surface area contributed by atoms with Crippen molar-refractivity contribution < 1.29 is 19.0 Å². The summed E-state index contributed by atoms with van der Waals surface area (Å²) in [6, 6.07) is 15.2. The number of amides is 1. The van der Waals surface area contributed by atoms with Gasteiger partial charge in [0.1, 0.15) is 0 Å². The molecule has 2 atom stereocenters. The molecule has 0 saturated carbocycles. The first kappa shape index (κ1) is 23.6. The number of nitriles is 1. The van der Waals surface area contributed by atoms with Crippen molar-refractivity contribution in [2.75, 3.05) is 26.3 Å². The van der Waals surface area contributed by atoms with Crippen LogP contribution in [0, 0.1) is 11.3 Å². The smallest absolute Gasteiger partial charge is 0.258 e. The molecule has 7 heteroatoms. The van der Waals surface area contributed by atoms with Crippen molar-refractivity contribution in [3.63, 3.8) is 0 Å².